The van der Waals surface area contributed by atoms with E-state index in [1.807, 2.05) is 13.8 Å². The lowest BCUT2D eigenvalue weighted by atomic mass is 10.1. The molecule has 0 bridgehead atoms. The summed E-state index contributed by atoms with van der Waals surface area (Å²) in [5.74, 6) is 0.174. The van der Waals surface area contributed by atoms with Crippen LogP contribution in [-0.2, 0) is 0 Å². The molecule has 0 saturated carbocycles. The van der Waals surface area contributed by atoms with Crippen molar-refractivity contribution in [2.24, 2.45) is 5.92 Å². The van der Waals surface area contributed by atoms with Crippen LogP contribution in [-0.4, -0.2) is 14.0 Å². The topological polar surface area (TPSA) is 20.2 Å². The van der Waals surface area contributed by atoms with Crippen LogP contribution < -0.4 is 0 Å². The molecule has 1 atom stereocenters. The zero-order valence-corrected chi connectivity index (χ0v) is 9.27. The molecule has 0 aromatic carbocycles. The van der Waals surface area contributed by atoms with Gasteiger partial charge >= 0.3 is 0 Å². The summed E-state index contributed by atoms with van der Waals surface area (Å²) in [5, 5.41) is 7.62. The molecule has 1 unspecified atom stereocenters. The van der Waals surface area contributed by atoms with Crippen molar-refractivity contribution >= 4 is 46.4 Å². The molecule has 0 amide bonds. The maximum absolute atomic E-state index is 9.39. The number of halogens is 4. The average Bonchev–Trinajstić information content (AvgIpc) is 1.56. The van der Waals surface area contributed by atoms with Gasteiger partial charge in [-0.3, -0.25) is 0 Å². The molecule has 0 aromatic heterocycles. The summed E-state index contributed by atoms with van der Waals surface area (Å²) in [6.45, 7) is 3.76. The van der Waals surface area contributed by atoms with Gasteiger partial charge in [-0.1, -0.05) is 60.3 Å². The van der Waals surface area contributed by atoms with Gasteiger partial charge in [-0.15, -0.1) is 0 Å². The highest BCUT2D eigenvalue weighted by Gasteiger charge is 2.45. The van der Waals surface area contributed by atoms with Crippen LogP contribution in [0.25, 0.3) is 0 Å². The Morgan fingerprint density at radius 3 is 1.64 bits per heavy atom. The van der Waals surface area contributed by atoms with Gasteiger partial charge in [-0.05, 0) is 12.3 Å². The van der Waals surface area contributed by atoms with E-state index in [4.69, 9.17) is 46.4 Å². The first-order valence-corrected chi connectivity index (χ1v) is 4.66. The molecule has 0 aliphatic heterocycles. The van der Waals surface area contributed by atoms with Crippen molar-refractivity contribution in [3.8, 4) is 0 Å². The largest absolute Gasteiger partial charge is 0.371 e. The molecule has 1 nitrogen and oxygen atoms in total. The van der Waals surface area contributed by atoms with E-state index in [0.717, 1.165) is 0 Å². The standard InChI is InChI=1S/C6H10Cl4O/c1-4(2)3-5(7,11)6(8,9)10/h4,11H,3H2,1-2H3. The van der Waals surface area contributed by atoms with Crippen molar-refractivity contribution in [2.75, 3.05) is 0 Å². The van der Waals surface area contributed by atoms with Gasteiger partial charge in [0.05, 0.1) is 0 Å². The molecule has 0 aliphatic rings. The minimum atomic E-state index is -1.83. The highest BCUT2D eigenvalue weighted by atomic mass is 35.6. The minimum absolute atomic E-state index is 0.174. The number of hydrogen-bond donors (Lipinski definition) is 1. The van der Waals surface area contributed by atoms with Crippen LogP contribution in [0.3, 0.4) is 0 Å². The first-order valence-electron chi connectivity index (χ1n) is 3.15. The second-order valence-electron chi connectivity index (χ2n) is 2.86. The van der Waals surface area contributed by atoms with Gasteiger partial charge in [0.15, 0.2) is 5.06 Å². The molecule has 0 fully saturated rings. The summed E-state index contributed by atoms with van der Waals surface area (Å²) in [5.41, 5.74) is 0. The number of rotatable bonds is 2. The molecule has 0 aliphatic carbocycles. The van der Waals surface area contributed by atoms with Gasteiger partial charge in [0.2, 0.25) is 3.79 Å². The van der Waals surface area contributed by atoms with E-state index in [9.17, 15) is 5.11 Å². The highest BCUT2D eigenvalue weighted by Crippen LogP contribution is 2.44. The number of hydrogen-bond acceptors (Lipinski definition) is 1. The van der Waals surface area contributed by atoms with Gasteiger partial charge in [-0.25, -0.2) is 0 Å². The van der Waals surface area contributed by atoms with Crippen molar-refractivity contribution in [1.82, 2.24) is 0 Å². The van der Waals surface area contributed by atoms with E-state index < -0.39 is 8.85 Å². The van der Waals surface area contributed by atoms with Crippen molar-refractivity contribution in [3.63, 3.8) is 0 Å². The lowest BCUT2D eigenvalue weighted by Crippen LogP contribution is -2.38. The molecule has 0 saturated heterocycles. The zero-order chi connectivity index (χ0) is 9.28. The molecule has 1 N–H and O–H groups in total. The summed E-state index contributed by atoms with van der Waals surface area (Å²) in [4.78, 5) is 0. The smallest absolute Gasteiger partial charge is 0.232 e. The van der Waals surface area contributed by atoms with Gasteiger partial charge in [0.1, 0.15) is 0 Å². The molecule has 68 valence electrons. The van der Waals surface area contributed by atoms with Gasteiger partial charge < -0.3 is 5.11 Å². The second-order valence-corrected chi connectivity index (χ2v) is 5.76. The van der Waals surface area contributed by atoms with Crippen molar-refractivity contribution in [3.05, 3.63) is 0 Å². The third kappa shape index (κ3) is 4.05. The summed E-state index contributed by atoms with van der Waals surface area (Å²) >= 11 is 21.8. The summed E-state index contributed by atoms with van der Waals surface area (Å²) in [6.07, 6.45) is 0.241. The molecule has 0 rings (SSSR count). The Morgan fingerprint density at radius 1 is 1.18 bits per heavy atom. The summed E-state index contributed by atoms with van der Waals surface area (Å²) in [7, 11) is 0. The van der Waals surface area contributed by atoms with Crippen LogP contribution >= 0.6 is 46.4 Å². The lowest BCUT2D eigenvalue weighted by Gasteiger charge is -2.29. The molecular weight excluding hydrogens is 230 g/mol. The van der Waals surface area contributed by atoms with Crippen LogP contribution in [0.1, 0.15) is 20.3 Å². The summed E-state index contributed by atoms with van der Waals surface area (Å²) in [6, 6.07) is 0. The van der Waals surface area contributed by atoms with Crippen LogP contribution in [0, 0.1) is 5.92 Å². The van der Waals surface area contributed by atoms with Crippen molar-refractivity contribution in [1.29, 1.82) is 0 Å². The van der Waals surface area contributed by atoms with Crippen LogP contribution in [0.2, 0.25) is 0 Å². The molecule has 5 heteroatoms. The Balaban J connectivity index is 4.22. The molecule has 0 aromatic rings. The number of alkyl halides is 4. The molecule has 0 heterocycles. The van der Waals surface area contributed by atoms with Crippen LogP contribution in [0.5, 0.6) is 0 Å². The molecule has 11 heavy (non-hydrogen) atoms. The fourth-order valence-electron chi connectivity index (χ4n) is 0.657. The van der Waals surface area contributed by atoms with Crippen molar-refractivity contribution < 1.29 is 5.11 Å². The Bertz CT molecular complexity index is 127. The third-order valence-electron chi connectivity index (χ3n) is 1.11. The minimum Gasteiger partial charge on any atom is -0.371 e. The quantitative estimate of drug-likeness (QED) is 0.734. The van der Waals surface area contributed by atoms with E-state index in [-0.39, 0.29) is 12.3 Å². The van der Waals surface area contributed by atoms with E-state index in [1.54, 1.807) is 0 Å². The lowest BCUT2D eigenvalue weighted by molar-refractivity contribution is 0.108. The monoisotopic (exact) mass is 238 g/mol. The SMILES string of the molecule is CC(C)CC(O)(Cl)C(Cl)(Cl)Cl. The molecular formula is C6H10Cl4O. The Morgan fingerprint density at radius 2 is 1.55 bits per heavy atom. The van der Waals surface area contributed by atoms with Crippen LogP contribution in [0.4, 0.5) is 0 Å². The molecule has 0 radical (unpaired) electrons. The predicted octanol–water partition coefficient (Wildman–Crippen LogP) is 3.33. The van der Waals surface area contributed by atoms with E-state index >= 15 is 0 Å². The van der Waals surface area contributed by atoms with E-state index in [0.29, 0.717) is 0 Å². The van der Waals surface area contributed by atoms with Crippen molar-refractivity contribution in [2.45, 2.75) is 29.1 Å². The fourth-order valence-corrected chi connectivity index (χ4v) is 1.20. The second kappa shape index (κ2) is 3.89. The third-order valence-corrected chi connectivity index (χ3v) is 2.78. The Labute approximate surface area is 86.6 Å². The van der Waals surface area contributed by atoms with Gasteiger partial charge in [-0.2, -0.15) is 0 Å². The van der Waals surface area contributed by atoms with Crippen LogP contribution in [0.15, 0.2) is 0 Å². The van der Waals surface area contributed by atoms with E-state index in [2.05, 4.69) is 0 Å². The van der Waals surface area contributed by atoms with Gasteiger partial charge in [0.25, 0.3) is 0 Å². The zero-order valence-electron chi connectivity index (χ0n) is 6.24. The highest BCUT2D eigenvalue weighted by molar-refractivity contribution is 6.70. The Hall–Kier alpha value is 1.12. The number of aliphatic hydroxyl groups is 1. The Kier molecular flexibility index (Phi) is 4.28. The van der Waals surface area contributed by atoms with E-state index in [1.165, 1.54) is 0 Å². The first kappa shape index (κ1) is 12.1. The maximum atomic E-state index is 9.39. The fraction of sp³-hybridized carbons (Fsp3) is 1.00. The predicted molar refractivity (Wildman–Crippen MR) is 50.5 cm³/mol. The first-order chi connectivity index (χ1) is 4.67. The van der Waals surface area contributed by atoms with Gasteiger partial charge in [0, 0.05) is 0 Å². The normalized spacial score (nSPS) is 18.5. The maximum Gasteiger partial charge on any atom is 0.232 e. The molecule has 0 spiro atoms. The summed E-state index contributed by atoms with van der Waals surface area (Å²) < 4.78 is -1.83. The average molecular weight is 240 g/mol.